The van der Waals surface area contributed by atoms with Crippen molar-refractivity contribution in [1.82, 2.24) is 9.88 Å². The summed E-state index contributed by atoms with van der Waals surface area (Å²) < 4.78 is 0. The first kappa shape index (κ1) is 11.8. The second-order valence-electron chi connectivity index (χ2n) is 3.59. The second-order valence-corrected chi connectivity index (χ2v) is 3.59. The van der Waals surface area contributed by atoms with Crippen molar-refractivity contribution in [3.63, 3.8) is 0 Å². The highest BCUT2D eigenvalue weighted by Gasteiger charge is 2.10. The molecule has 4 heteroatoms. The summed E-state index contributed by atoms with van der Waals surface area (Å²) in [7, 11) is 1.79. The van der Waals surface area contributed by atoms with Crippen LogP contribution in [0, 0.1) is 0 Å². The van der Waals surface area contributed by atoms with Gasteiger partial charge in [0.15, 0.2) is 0 Å². The molecule has 1 aromatic rings. The Kier molecular flexibility index (Phi) is 4.90. The summed E-state index contributed by atoms with van der Waals surface area (Å²) in [6.45, 7) is 0.964. The Labute approximate surface area is 89.9 Å². The molecule has 0 radical (unpaired) electrons. The monoisotopic (exact) mass is 210 g/mol. The Bertz CT molecular complexity index is 283. The van der Waals surface area contributed by atoms with Crippen molar-refractivity contribution in [2.75, 3.05) is 20.2 Å². The maximum absolute atomic E-state index is 11.7. The van der Waals surface area contributed by atoms with Gasteiger partial charge in [-0.15, -0.1) is 0 Å². The summed E-state index contributed by atoms with van der Waals surface area (Å²) in [4.78, 5) is 16.3. The fourth-order valence-electron chi connectivity index (χ4n) is 1.41. The summed E-state index contributed by atoms with van der Waals surface area (Å²) in [6, 6.07) is 3.58. The van der Waals surface area contributed by atoms with Crippen LogP contribution in [0.3, 0.4) is 0 Å². The highest BCUT2D eigenvalue weighted by atomic mass is 16.2. The van der Waals surface area contributed by atoms with E-state index in [-0.39, 0.29) is 12.5 Å². The minimum absolute atomic E-state index is 0.0176. The number of nitrogens with one attached hydrogen (secondary N) is 1. The molecule has 2 N–H and O–H groups in total. The zero-order chi connectivity index (χ0) is 11.1. The van der Waals surface area contributed by atoms with Crippen LogP contribution in [-0.4, -0.2) is 41.1 Å². The van der Waals surface area contributed by atoms with Gasteiger partial charge in [0.2, 0.25) is 0 Å². The number of rotatable bonds is 6. The van der Waals surface area contributed by atoms with E-state index in [0.29, 0.717) is 5.69 Å². The fraction of sp³-hybridized carbons (Fsp3) is 0.545. The molecular formula is C11H18N2O2. The summed E-state index contributed by atoms with van der Waals surface area (Å²) in [5.74, 6) is 0.0176. The van der Waals surface area contributed by atoms with Crippen LogP contribution < -0.4 is 0 Å². The van der Waals surface area contributed by atoms with Crippen molar-refractivity contribution < 1.29 is 9.90 Å². The van der Waals surface area contributed by atoms with E-state index in [2.05, 4.69) is 4.98 Å². The molecule has 0 unspecified atom stereocenters. The van der Waals surface area contributed by atoms with Crippen LogP contribution in [0.5, 0.6) is 0 Å². The fourth-order valence-corrected chi connectivity index (χ4v) is 1.41. The van der Waals surface area contributed by atoms with Gasteiger partial charge in [0.05, 0.1) is 0 Å². The SMILES string of the molecule is CN(CCCCCO)C(=O)c1ccc[nH]1. The Balaban J connectivity index is 2.28. The van der Waals surface area contributed by atoms with Crippen LogP contribution in [0.1, 0.15) is 29.8 Å². The predicted octanol–water partition coefficient (Wildman–Crippen LogP) is 1.25. The highest BCUT2D eigenvalue weighted by Crippen LogP contribution is 2.02. The number of hydrogen-bond donors (Lipinski definition) is 2. The molecule has 1 rings (SSSR count). The number of nitrogens with zero attached hydrogens (tertiary/aromatic N) is 1. The maximum Gasteiger partial charge on any atom is 0.270 e. The Hall–Kier alpha value is -1.29. The molecule has 1 heterocycles. The molecule has 1 aromatic heterocycles. The van der Waals surface area contributed by atoms with Gasteiger partial charge >= 0.3 is 0 Å². The van der Waals surface area contributed by atoms with E-state index < -0.39 is 0 Å². The van der Waals surface area contributed by atoms with Crippen molar-refractivity contribution in [3.05, 3.63) is 24.0 Å². The van der Waals surface area contributed by atoms with Crippen molar-refractivity contribution in [2.45, 2.75) is 19.3 Å². The molecule has 0 spiro atoms. The van der Waals surface area contributed by atoms with E-state index in [9.17, 15) is 4.79 Å². The number of aliphatic hydroxyl groups is 1. The molecule has 0 saturated heterocycles. The second kappa shape index (κ2) is 6.24. The van der Waals surface area contributed by atoms with Gasteiger partial charge in [-0.1, -0.05) is 0 Å². The number of amides is 1. The van der Waals surface area contributed by atoms with Gasteiger partial charge in [0, 0.05) is 26.4 Å². The van der Waals surface area contributed by atoms with Crippen molar-refractivity contribution >= 4 is 5.91 Å². The molecule has 0 aromatic carbocycles. The summed E-state index contributed by atoms with van der Waals surface area (Å²) in [5.41, 5.74) is 0.625. The number of carbonyl (C=O) groups is 1. The average Bonchev–Trinajstić information content (AvgIpc) is 2.76. The van der Waals surface area contributed by atoms with Gasteiger partial charge in [0.1, 0.15) is 5.69 Å². The third kappa shape index (κ3) is 3.75. The largest absolute Gasteiger partial charge is 0.396 e. The van der Waals surface area contributed by atoms with E-state index in [1.54, 1.807) is 24.2 Å². The van der Waals surface area contributed by atoms with Crippen LogP contribution in [-0.2, 0) is 0 Å². The standard InChI is InChI=1S/C11H18N2O2/c1-13(8-3-2-4-9-14)11(15)10-6-5-7-12-10/h5-7,12,14H,2-4,8-9H2,1H3. The van der Waals surface area contributed by atoms with Crippen molar-refractivity contribution in [1.29, 1.82) is 0 Å². The van der Waals surface area contributed by atoms with Crippen LogP contribution in [0.2, 0.25) is 0 Å². The lowest BCUT2D eigenvalue weighted by Gasteiger charge is -2.15. The molecule has 4 nitrogen and oxygen atoms in total. The topological polar surface area (TPSA) is 56.3 Å². The number of aromatic amines is 1. The number of hydrogen-bond acceptors (Lipinski definition) is 2. The molecule has 0 aliphatic carbocycles. The third-order valence-electron chi connectivity index (χ3n) is 2.33. The van der Waals surface area contributed by atoms with Crippen LogP contribution in [0.25, 0.3) is 0 Å². The summed E-state index contributed by atoms with van der Waals surface area (Å²) in [5, 5.41) is 8.61. The first-order chi connectivity index (χ1) is 7.25. The summed E-state index contributed by atoms with van der Waals surface area (Å²) >= 11 is 0. The average molecular weight is 210 g/mol. The Morgan fingerprint density at radius 2 is 2.27 bits per heavy atom. The van der Waals surface area contributed by atoms with Gasteiger partial charge in [-0.25, -0.2) is 0 Å². The molecule has 0 aliphatic rings. The van der Waals surface area contributed by atoms with Crippen LogP contribution >= 0.6 is 0 Å². The maximum atomic E-state index is 11.7. The van der Waals surface area contributed by atoms with E-state index >= 15 is 0 Å². The van der Waals surface area contributed by atoms with E-state index in [1.807, 2.05) is 6.07 Å². The normalized spacial score (nSPS) is 10.3. The van der Waals surface area contributed by atoms with Crippen molar-refractivity contribution in [3.8, 4) is 0 Å². The molecule has 84 valence electrons. The predicted molar refractivity (Wildman–Crippen MR) is 58.7 cm³/mol. The molecule has 0 bridgehead atoms. The lowest BCUT2D eigenvalue weighted by atomic mass is 10.2. The molecule has 0 saturated carbocycles. The minimum Gasteiger partial charge on any atom is -0.396 e. The highest BCUT2D eigenvalue weighted by molar-refractivity contribution is 5.92. The lowest BCUT2D eigenvalue weighted by molar-refractivity contribution is 0.0787. The van der Waals surface area contributed by atoms with Crippen LogP contribution in [0.15, 0.2) is 18.3 Å². The number of H-pyrrole nitrogens is 1. The number of carbonyl (C=O) groups excluding carboxylic acids is 1. The third-order valence-corrected chi connectivity index (χ3v) is 2.33. The van der Waals surface area contributed by atoms with Crippen LogP contribution in [0.4, 0.5) is 0 Å². The Morgan fingerprint density at radius 1 is 1.47 bits per heavy atom. The number of aliphatic hydroxyl groups excluding tert-OH is 1. The molecule has 15 heavy (non-hydrogen) atoms. The van der Waals surface area contributed by atoms with Crippen molar-refractivity contribution in [2.24, 2.45) is 0 Å². The molecule has 0 fully saturated rings. The number of aromatic nitrogens is 1. The van der Waals surface area contributed by atoms with Gasteiger partial charge in [-0.05, 0) is 31.4 Å². The molecular weight excluding hydrogens is 192 g/mol. The molecule has 0 atom stereocenters. The smallest absolute Gasteiger partial charge is 0.270 e. The number of unbranched alkanes of at least 4 members (excludes halogenated alkanes) is 2. The van der Waals surface area contributed by atoms with Gasteiger partial charge in [0.25, 0.3) is 5.91 Å². The quantitative estimate of drug-likeness (QED) is 0.694. The lowest BCUT2D eigenvalue weighted by Crippen LogP contribution is -2.27. The van der Waals surface area contributed by atoms with E-state index in [0.717, 1.165) is 25.8 Å². The van der Waals surface area contributed by atoms with Gasteiger partial charge < -0.3 is 15.0 Å². The molecule has 1 amide bonds. The Morgan fingerprint density at radius 3 is 2.87 bits per heavy atom. The summed E-state index contributed by atoms with van der Waals surface area (Å²) in [6.07, 6.45) is 4.44. The van der Waals surface area contributed by atoms with E-state index in [1.165, 1.54) is 0 Å². The first-order valence-electron chi connectivity index (χ1n) is 5.25. The zero-order valence-corrected chi connectivity index (χ0v) is 9.07. The molecule has 0 aliphatic heterocycles. The zero-order valence-electron chi connectivity index (χ0n) is 9.07. The first-order valence-corrected chi connectivity index (χ1v) is 5.25. The van der Waals surface area contributed by atoms with Gasteiger partial charge in [-0.2, -0.15) is 0 Å². The minimum atomic E-state index is 0.0176. The van der Waals surface area contributed by atoms with E-state index in [4.69, 9.17) is 5.11 Å². The van der Waals surface area contributed by atoms with Gasteiger partial charge in [-0.3, -0.25) is 4.79 Å².